The third-order valence-electron chi connectivity index (χ3n) is 8.64. The van der Waals surface area contributed by atoms with Gasteiger partial charge in [-0.05, 0) is 62.5 Å². The number of fused-ring (bicyclic) bond motifs is 3. The number of hydrogen-bond acceptors (Lipinski definition) is 10. The molecule has 3 aliphatic carbocycles. The molecule has 0 spiro atoms. The number of allylic oxidation sites excluding steroid dienone is 1. The van der Waals surface area contributed by atoms with Crippen LogP contribution >= 0.6 is 0 Å². The van der Waals surface area contributed by atoms with E-state index in [1.54, 1.807) is 32.3 Å². The van der Waals surface area contributed by atoms with E-state index in [9.17, 15) is 39.6 Å². The number of carbonyl (C=O) groups excluding carboxylic acids is 4. The normalized spacial score (nSPS) is 25.2. The van der Waals surface area contributed by atoms with Gasteiger partial charge in [0.1, 0.15) is 22.8 Å². The second-order valence-corrected chi connectivity index (χ2v) is 11.1. The van der Waals surface area contributed by atoms with Crippen LogP contribution in [0.2, 0.25) is 0 Å². The Balaban J connectivity index is 1.60. The number of primary amides is 1. The van der Waals surface area contributed by atoms with Crippen LogP contribution in [0.1, 0.15) is 50.8 Å². The van der Waals surface area contributed by atoms with Crippen LogP contribution < -0.4 is 11.1 Å². The van der Waals surface area contributed by atoms with E-state index in [2.05, 4.69) is 10.3 Å². The molecule has 0 bridgehead atoms. The van der Waals surface area contributed by atoms with Gasteiger partial charge in [-0.3, -0.25) is 29.1 Å². The topological polar surface area (TPSA) is 203 Å². The number of aliphatic hydroxyl groups excluding tert-OH is 2. The molecule has 12 heteroatoms. The van der Waals surface area contributed by atoms with Gasteiger partial charge in [-0.15, -0.1) is 0 Å². The molecule has 220 valence electrons. The first-order valence-electron chi connectivity index (χ1n) is 13.5. The number of aromatic nitrogens is 1. The maximum absolute atomic E-state index is 14.0. The van der Waals surface area contributed by atoms with E-state index in [0.717, 1.165) is 5.56 Å². The summed E-state index contributed by atoms with van der Waals surface area (Å²) in [6.45, 7) is 1.77. The quantitative estimate of drug-likeness (QED) is 0.269. The van der Waals surface area contributed by atoms with Gasteiger partial charge in [-0.1, -0.05) is 13.0 Å². The smallest absolute Gasteiger partial charge is 0.255 e. The predicted octanol–water partition coefficient (Wildman–Crippen LogP) is 1.01. The second-order valence-electron chi connectivity index (χ2n) is 11.1. The van der Waals surface area contributed by atoms with E-state index in [4.69, 9.17) is 5.73 Å². The van der Waals surface area contributed by atoms with E-state index in [0.29, 0.717) is 17.5 Å². The largest absolute Gasteiger partial charge is 0.510 e. The molecule has 7 N–H and O–H groups in total. The molecule has 3 aliphatic rings. The molecule has 0 saturated carbocycles. The highest BCUT2D eigenvalue weighted by atomic mass is 16.3. The van der Waals surface area contributed by atoms with Gasteiger partial charge >= 0.3 is 0 Å². The van der Waals surface area contributed by atoms with Crippen LogP contribution in [-0.2, 0) is 29.0 Å². The standard InChI is InChI=1S/C30H32N4O8/c1-4-13-8-16(12-33-29(41)14-6-5-7-32-11-14)23(35)20-17(13)9-15-10-18-22(34(2)3)25(37)21(28(31)40)27(39)30(18,42)26(38)19(15)24(20)36/h5-8,11,15,18,22,35,37-38,42H,4,9-10,12H2,1-3H3,(H2,31,40)(H,33,41)/t15-,18-,22-,30-/m1/s1. The summed E-state index contributed by atoms with van der Waals surface area (Å²) in [4.78, 5) is 57.6. The molecule has 0 aliphatic heterocycles. The number of phenolic OH excluding ortho intramolecular Hbond substituents is 1. The highest BCUT2D eigenvalue weighted by molar-refractivity contribution is 6.24. The molecule has 0 radical (unpaired) electrons. The maximum Gasteiger partial charge on any atom is 0.255 e. The number of hydrogen-bond donors (Lipinski definition) is 6. The number of ketones is 2. The molecule has 0 fully saturated rings. The van der Waals surface area contributed by atoms with Crippen molar-refractivity contribution in [3.05, 3.63) is 81.1 Å². The molecule has 0 saturated heterocycles. The van der Waals surface area contributed by atoms with Crippen molar-refractivity contribution in [1.82, 2.24) is 15.2 Å². The van der Waals surface area contributed by atoms with Crippen molar-refractivity contribution in [1.29, 1.82) is 0 Å². The first kappa shape index (κ1) is 29.0. The van der Waals surface area contributed by atoms with Crippen LogP contribution in [0.3, 0.4) is 0 Å². The van der Waals surface area contributed by atoms with E-state index in [-0.39, 0.29) is 41.8 Å². The van der Waals surface area contributed by atoms with Crippen LogP contribution in [-0.4, -0.2) is 79.4 Å². The SMILES string of the molecule is CCc1cc(CNC(=O)c2cccnc2)c(O)c2c1C[C@@H]1C[C@@H]3[C@@H](N(C)C)C(O)=C(C(N)=O)C(=O)[C@]3(O)C(O)=C1C2=O. The molecular formula is C30H32N4O8. The minimum Gasteiger partial charge on any atom is -0.510 e. The fraction of sp³-hybridized carbons (Fsp3) is 0.367. The van der Waals surface area contributed by atoms with Crippen LogP contribution in [0.15, 0.2) is 53.3 Å². The summed E-state index contributed by atoms with van der Waals surface area (Å²) in [7, 11) is 3.16. The van der Waals surface area contributed by atoms with Gasteiger partial charge in [-0.25, -0.2) is 0 Å². The van der Waals surface area contributed by atoms with Crippen molar-refractivity contribution in [3.8, 4) is 5.75 Å². The minimum atomic E-state index is -2.71. The van der Waals surface area contributed by atoms with Gasteiger partial charge in [0, 0.05) is 36.0 Å². The van der Waals surface area contributed by atoms with Crippen molar-refractivity contribution in [2.45, 2.75) is 44.4 Å². The number of rotatable bonds is 6. The van der Waals surface area contributed by atoms with Crippen LogP contribution in [0.4, 0.5) is 0 Å². The lowest BCUT2D eigenvalue weighted by molar-refractivity contribution is -0.148. The number of phenols is 1. The fourth-order valence-electron chi connectivity index (χ4n) is 6.68. The summed E-state index contributed by atoms with van der Waals surface area (Å²) in [5.74, 6) is -7.44. The molecular weight excluding hydrogens is 544 g/mol. The highest BCUT2D eigenvalue weighted by Gasteiger charge is 2.63. The van der Waals surface area contributed by atoms with Crippen molar-refractivity contribution in [2.24, 2.45) is 17.6 Å². The number of nitrogens with one attached hydrogen (secondary N) is 1. The van der Waals surface area contributed by atoms with E-state index in [1.807, 2.05) is 6.92 Å². The number of aromatic hydroxyl groups is 1. The minimum absolute atomic E-state index is 0.0125. The third kappa shape index (κ3) is 4.17. The molecule has 1 heterocycles. The highest BCUT2D eigenvalue weighted by Crippen LogP contribution is 2.52. The van der Waals surface area contributed by atoms with Gasteiger partial charge in [-0.2, -0.15) is 0 Å². The number of likely N-dealkylation sites (N-methyl/N-ethyl adjacent to an activating group) is 1. The molecule has 0 unspecified atom stereocenters. The summed E-state index contributed by atoms with van der Waals surface area (Å²) < 4.78 is 0. The van der Waals surface area contributed by atoms with Crippen molar-refractivity contribution >= 4 is 23.4 Å². The number of nitrogens with two attached hydrogens (primary N) is 1. The lowest BCUT2D eigenvalue weighted by Crippen LogP contribution is -2.63. The van der Waals surface area contributed by atoms with Crippen molar-refractivity contribution in [3.63, 3.8) is 0 Å². The van der Waals surface area contributed by atoms with Crippen LogP contribution in [0.5, 0.6) is 5.75 Å². The molecule has 2 amide bonds. The van der Waals surface area contributed by atoms with Gasteiger partial charge in [0.05, 0.1) is 17.2 Å². The van der Waals surface area contributed by atoms with Gasteiger partial charge in [0.15, 0.2) is 11.4 Å². The Kier molecular flexibility index (Phi) is 7.15. The fourth-order valence-corrected chi connectivity index (χ4v) is 6.68. The van der Waals surface area contributed by atoms with E-state index < -0.39 is 64.0 Å². The van der Waals surface area contributed by atoms with Crippen molar-refractivity contribution < 1.29 is 39.6 Å². The molecule has 42 heavy (non-hydrogen) atoms. The first-order chi connectivity index (χ1) is 19.8. The Morgan fingerprint density at radius 1 is 1.19 bits per heavy atom. The zero-order chi connectivity index (χ0) is 30.7. The number of amides is 2. The molecule has 4 atom stereocenters. The number of aliphatic hydroxyl groups is 3. The first-order valence-corrected chi connectivity index (χ1v) is 13.5. The number of benzene rings is 1. The Morgan fingerprint density at radius 2 is 1.90 bits per heavy atom. The monoisotopic (exact) mass is 576 g/mol. The molecule has 12 nitrogen and oxygen atoms in total. The summed E-state index contributed by atoms with van der Waals surface area (Å²) in [5, 5.41) is 48.1. The van der Waals surface area contributed by atoms with E-state index in [1.165, 1.54) is 17.3 Å². The number of pyridine rings is 1. The Bertz CT molecular complexity index is 1600. The second kappa shape index (κ2) is 10.4. The van der Waals surface area contributed by atoms with Gasteiger partial charge in [0.2, 0.25) is 5.78 Å². The van der Waals surface area contributed by atoms with Gasteiger partial charge < -0.3 is 31.5 Å². The number of Topliss-reactive ketones (excluding diaryl/α,β-unsaturated/α-hetero) is 2. The van der Waals surface area contributed by atoms with Gasteiger partial charge in [0.25, 0.3) is 11.8 Å². The predicted molar refractivity (Wildman–Crippen MR) is 148 cm³/mol. The van der Waals surface area contributed by atoms with E-state index >= 15 is 0 Å². The Labute approximate surface area is 241 Å². The number of aryl methyl sites for hydroxylation is 1. The molecule has 1 aromatic carbocycles. The molecule has 2 aromatic rings. The maximum atomic E-state index is 14.0. The van der Waals surface area contributed by atoms with Crippen molar-refractivity contribution in [2.75, 3.05) is 14.1 Å². The Morgan fingerprint density at radius 3 is 2.50 bits per heavy atom. The zero-order valence-electron chi connectivity index (χ0n) is 23.3. The lowest BCUT2D eigenvalue weighted by atomic mass is 9.58. The average Bonchev–Trinajstić information content (AvgIpc) is 2.94. The summed E-state index contributed by atoms with van der Waals surface area (Å²) in [6, 6.07) is 3.86. The lowest BCUT2D eigenvalue weighted by Gasteiger charge is -2.50. The summed E-state index contributed by atoms with van der Waals surface area (Å²) in [6.07, 6.45) is 3.63. The molecule has 1 aromatic heterocycles. The number of carbonyl (C=O) groups is 4. The molecule has 5 rings (SSSR count). The third-order valence-corrected chi connectivity index (χ3v) is 8.64. The summed E-state index contributed by atoms with van der Waals surface area (Å²) in [5.41, 5.74) is 3.40. The van der Waals surface area contributed by atoms with Crippen LogP contribution in [0.25, 0.3) is 0 Å². The number of nitrogens with zero attached hydrogens (tertiary/aromatic N) is 2. The average molecular weight is 577 g/mol. The van der Waals surface area contributed by atoms with Crippen LogP contribution in [0, 0.1) is 11.8 Å². The Hall–Kier alpha value is -4.55. The summed E-state index contributed by atoms with van der Waals surface area (Å²) >= 11 is 0. The zero-order valence-corrected chi connectivity index (χ0v) is 23.3.